The molecule has 5 N–H and O–H groups in total. The van der Waals surface area contributed by atoms with E-state index in [-0.39, 0.29) is 29.4 Å². The molecule has 11 aromatic rings. The maximum absolute atomic E-state index is 13.0. The minimum Gasteiger partial charge on any atom is -0.495 e. The van der Waals surface area contributed by atoms with Gasteiger partial charge >= 0.3 is 0 Å². The number of aryl methyl sites for hydroxylation is 5. The van der Waals surface area contributed by atoms with E-state index in [1.54, 1.807) is 28.4 Å². The molecule has 4 aromatic heterocycles. The van der Waals surface area contributed by atoms with Crippen LogP contribution in [0.5, 0.6) is 28.7 Å². The van der Waals surface area contributed by atoms with Crippen LogP contribution in [-0.2, 0) is 32.6 Å². The topological polar surface area (TPSA) is 221 Å². The third kappa shape index (κ3) is 27.7. The highest BCUT2D eigenvalue weighted by Gasteiger charge is 2.44. The number of para-hydroxylation sites is 5. The van der Waals surface area contributed by atoms with E-state index in [4.69, 9.17) is 23.7 Å². The van der Waals surface area contributed by atoms with Crippen LogP contribution < -0.4 is 50.3 Å². The molecule has 22 heteroatoms. The molecule has 6 bridgehead atoms. The molecule has 17 rings (SSSR count). The smallest absolute Gasteiger partial charge is 0.253 e. The van der Waals surface area contributed by atoms with Gasteiger partial charge in [0.05, 0.1) is 72.8 Å². The van der Waals surface area contributed by atoms with Gasteiger partial charge in [-0.2, -0.15) is 0 Å². The number of Topliss-reactive ketones (excluding diaryl/α,β-unsaturated/α-hetero) is 1. The summed E-state index contributed by atoms with van der Waals surface area (Å²) in [6.45, 7) is 30.9. The van der Waals surface area contributed by atoms with Gasteiger partial charge in [-0.25, -0.2) is 0 Å². The van der Waals surface area contributed by atoms with Crippen LogP contribution >= 0.6 is 0 Å². The van der Waals surface area contributed by atoms with Gasteiger partial charge in [-0.15, -0.1) is 0 Å². The Morgan fingerprint density at radius 2 is 0.664 bits per heavy atom. The van der Waals surface area contributed by atoms with Gasteiger partial charge in [-0.05, 0) is 206 Å². The van der Waals surface area contributed by atoms with Gasteiger partial charge in [0, 0.05) is 173 Å². The monoisotopic (exact) mass is 1910 g/mol. The molecule has 6 atom stereocenters. The van der Waals surface area contributed by atoms with Crippen molar-refractivity contribution < 1.29 is 47.7 Å². The van der Waals surface area contributed by atoms with Gasteiger partial charge in [0.2, 0.25) is 0 Å². The van der Waals surface area contributed by atoms with Gasteiger partial charge in [-0.1, -0.05) is 215 Å². The molecule has 0 radical (unpaired) electrons. The van der Waals surface area contributed by atoms with Gasteiger partial charge in [0.15, 0.2) is 5.78 Å². The summed E-state index contributed by atoms with van der Waals surface area (Å²) in [6, 6.07) is 58.6. The van der Waals surface area contributed by atoms with E-state index in [1.807, 2.05) is 158 Å². The number of hydrogen-bond donors (Lipinski definition) is 5. The van der Waals surface area contributed by atoms with Gasteiger partial charge in [-0.3, -0.25) is 38.7 Å². The average molecular weight is 1910 g/mol. The highest BCUT2D eigenvalue weighted by Crippen LogP contribution is 2.45. The lowest BCUT2D eigenvalue weighted by molar-refractivity contribution is 0.0806. The number of piperidine rings is 3. The largest absolute Gasteiger partial charge is 0.495 e. The highest BCUT2D eigenvalue weighted by molar-refractivity contribution is 6.11. The van der Waals surface area contributed by atoms with Crippen molar-refractivity contribution in [2.45, 2.75) is 272 Å². The molecular formula is C118H162N12O10. The van der Waals surface area contributed by atoms with Crippen molar-refractivity contribution in [1.82, 2.24) is 59.6 Å². The summed E-state index contributed by atoms with van der Waals surface area (Å²) >= 11 is 0. The Morgan fingerprint density at radius 1 is 0.343 bits per heavy atom. The maximum atomic E-state index is 13.0. The molecule has 6 aliphatic rings. The maximum Gasteiger partial charge on any atom is 0.253 e. The molecule has 4 amide bonds. The third-order valence-electron chi connectivity index (χ3n) is 29.9. The Hall–Kier alpha value is -10.9. The molecule has 22 nitrogen and oxygen atoms in total. The molecule has 6 saturated heterocycles. The lowest BCUT2D eigenvalue weighted by Crippen LogP contribution is -2.43. The number of ketones is 1. The second-order valence-corrected chi connectivity index (χ2v) is 42.0. The molecule has 7 aromatic carbocycles. The second-order valence-electron chi connectivity index (χ2n) is 42.0. The number of nitrogens with one attached hydrogen (secondary N) is 5. The van der Waals surface area contributed by atoms with Crippen LogP contribution in [0.2, 0.25) is 0 Å². The number of ether oxygens (including phenoxy) is 5. The fourth-order valence-electron chi connectivity index (χ4n) is 23.1. The Kier molecular flexibility index (Phi) is 39.1. The fraction of sp³-hybridized carbons (Fsp3) is 0.534. The summed E-state index contributed by atoms with van der Waals surface area (Å²) in [5.41, 5.74) is 9.24. The summed E-state index contributed by atoms with van der Waals surface area (Å²) < 4.78 is 37.2. The molecule has 140 heavy (non-hydrogen) atoms. The minimum absolute atomic E-state index is 0.00122. The van der Waals surface area contributed by atoms with Gasteiger partial charge in [0.25, 0.3) is 23.6 Å². The number of carbonyl (C=O) groups excluding carboxylic acids is 5. The fourth-order valence-corrected chi connectivity index (χ4v) is 23.1. The summed E-state index contributed by atoms with van der Waals surface area (Å²) in [5.74, 6) is 8.32. The number of fused-ring (bicyclic) bond motifs is 10. The minimum atomic E-state index is -0.0399. The number of benzene rings is 7. The lowest BCUT2D eigenvalue weighted by Gasteiger charge is -2.39. The summed E-state index contributed by atoms with van der Waals surface area (Å²) in [7, 11) is 6.78. The number of hydrogen-bond acceptors (Lipinski definition) is 14. The van der Waals surface area contributed by atoms with Crippen LogP contribution in [-0.4, -0.2) is 193 Å². The van der Waals surface area contributed by atoms with E-state index in [9.17, 15) is 24.0 Å². The zero-order chi connectivity index (χ0) is 98.6. The van der Waals surface area contributed by atoms with Crippen molar-refractivity contribution in [3.63, 3.8) is 0 Å². The van der Waals surface area contributed by atoms with E-state index in [1.165, 1.54) is 108 Å². The zero-order valence-corrected chi connectivity index (χ0v) is 86.3. The van der Waals surface area contributed by atoms with E-state index in [0.717, 1.165) is 222 Å². The number of rotatable bonds is 46. The van der Waals surface area contributed by atoms with Gasteiger partial charge in [0.1, 0.15) is 35.4 Å². The molecule has 6 unspecified atom stereocenters. The second kappa shape index (κ2) is 52.2. The zero-order valence-electron chi connectivity index (χ0n) is 86.3. The number of nitrogens with zero attached hydrogens (tertiary/aromatic N) is 7. The van der Waals surface area contributed by atoms with E-state index >= 15 is 0 Å². The predicted molar refractivity (Wildman–Crippen MR) is 569 cm³/mol. The SMILES string of the molecule is CCCCCC1CC2CCC(C1)N2CCCn1cc(C(=O)NCC(C)C)c2cccc(OC)c21.COc1cccc2c(C(=O)NCC(C)C)cn(CCCN3C4CCC3CC(CC(=O)c3ccccc3)C4)c12.COc1cccc2c(C(=O)NCC(C)C)cn(CCCN3C4CCC3CC(CCc3ccccc3)C4)c12.COc1cccc2c(C(=O)NCC(C)C)cn(CCCNCCOc3ccccc3)c12. The van der Waals surface area contributed by atoms with Crippen molar-refractivity contribution in [2.24, 2.45) is 41.4 Å². The normalized spacial score (nSPS) is 19.4. The number of carbonyl (C=O) groups is 5. The van der Waals surface area contributed by atoms with Crippen molar-refractivity contribution in [3.8, 4) is 28.7 Å². The summed E-state index contributed by atoms with van der Waals surface area (Å²) in [4.78, 5) is 72.8. The van der Waals surface area contributed by atoms with Crippen LogP contribution in [0.3, 0.4) is 0 Å². The number of amides is 4. The van der Waals surface area contributed by atoms with Crippen LogP contribution in [0, 0.1) is 41.4 Å². The van der Waals surface area contributed by atoms with E-state index in [0.29, 0.717) is 92.0 Å². The van der Waals surface area contributed by atoms with Crippen molar-refractivity contribution in [1.29, 1.82) is 0 Å². The first kappa shape index (κ1) is 105. The molecular weight excluding hydrogens is 1750 g/mol. The molecule has 754 valence electrons. The van der Waals surface area contributed by atoms with Crippen LogP contribution in [0.1, 0.15) is 261 Å². The van der Waals surface area contributed by atoms with Gasteiger partial charge < -0.3 is 68.5 Å². The van der Waals surface area contributed by atoms with Crippen LogP contribution in [0.4, 0.5) is 0 Å². The molecule has 0 saturated carbocycles. The standard InChI is InChI=1S/C32H41N3O3.C32H43N3O2.C29H45N3O2.C25H33N3O3/c1-22(2)20-33-32(37)28-21-34(31-27(28)11-7-12-30(31)38-3)15-8-16-35-25-13-14-26(35)18-23(17-25)19-29(36)24-9-5-4-6-10-24;1-23(2)21-33-32(36)29-22-34(31-28(29)11-7-12-30(31)37-3)17-8-18-35-26-15-16-27(35)20-25(19-26)14-13-24-9-5-4-6-10-24;1-5-6-7-10-22-17-23-13-14-24(18-22)32(23)16-9-15-31-20-26(29(33)30-19-21(2)3)25-11-8-12-27(34-4)28(25)31;1-19(2)17-27-25(29)22-18-28(24-21(22)11-7-12-23(24)30-3)15-8-13-26-14-16-31-20-9-5-4-6-10-20/h4-7,9-12,21-23,25-26H,8,13-20H2,1-3H3,(H,33,37);4-7,9-12,22-23,25-27H,8,13-21H2,1-3H3,(H,33,36);8,11-12,20-24H,5-7,9-10,13-19H2,1-4H3,(H,30,33);4-7,9-12,18-19,26H,8,13-17H2,1-3H3,(H,27,29). The predicted octanol–water partition coefficient (Wildman–Crippen LogP) is 22.6. The first-order valence-corrected chi connectivity index (χ1v) is 53.1. The Labute approximate surface area is 833 Å². The summed E-state index contributed by atoms with van der Waals surface area (Å²) in [5, 5.41) is 19.5. The molecule has 0 spiro atoms. The number of unbranched alkanes of at least 4 members (excludes halogenated alkanes) is 2. The molecule has 6 aliphatic heterocycles. The Morgan fingerprint density at radius 3 is 1.00 bits per heavy atom. The average Bonchev–Trinajstić information content (AvgIpc) is 1.63. The third-order valence-corrected chi connectivity index (χ3v) is 29.9. The van der Waals surface area contributed by atoms with Crippen molar-refractivity contribution >= 4 is 73.0 Å². The number of aromatic nitrogens is 4. The van der Waals surface area contributed by atoms with Crippen LogP contribution in [0.15, 0.2) is 189 Å². The molecule has 0 aliphatic carbocycles. The highest BCUT2D eigenvalue weighted by atomic mass is 16.5. The first-order valence-electron chi connectivity index (χ1n) is 53.1. The first-order chi connectivity index (χ1) is 68.1. The van der Waals surface area contributed by atoms with Crippen molar-refractivity contribution in [2.75, 3.05) is 93.9 Å². The molecule has 6 fully saturated rings. The molecule has 10 heterocycles. The lowest BCUT2D eigenvalue weighted by atomic mass is 9.85. The Bertz CT molecular complexity index is 5720. The van der Waals surface area contributed by atoms with E-state index < -0.39 is 0 Å². The van der Waals surface area contributed by atoms with Crippen LogP contribution in [0.25, 0.3) is 43.6 Å². The van der Waals surface area contributed by atoms with E-state index in [2.05, 4.69) is 152 Å². The summed E-state index contributed by atoms with van der Waals surface area (Å²) in [6.07, 6.45) is 36.6. The Balaban J connectivity index is 0.000000149. The quantitative estimate of drug-likeness (QED) is 0.0177. The number of methoxy groups -OCH3 is 4. The van der Waals surface area contributed by atoms with Crippen molar-refractivity contribution in [3.05, 3.63) is 222 Å².